The van der Waals surface area contributed by atoms with E-state index in [1.165, 1.54) is 22.5 Å². The number of hydrogen-bond acceptors (Lipinski definition) is 4. The number of rotatable bonds is 6. The summed E-state index contributed by atoms with van der Waals surface area (Å²) in [7, 11) is -3.76. The van der Waals surface area contributed by atoms with E-state index in [0.29, 0.717) is 13.1 Å². The summed E-state index contributed by atoms with van der Waals surface area (Å²) >= 11 is 6.00. The Balaban J connectivity index is 3.29. The Morgan fingerprint density at radius 2 is 2.05 bits per heavy atom. The molecule has 0 aliphatic rings. The minimum atomic E-state index is -3.76. The van der Waals surface area contributed by atoms with Crippen molar-refractivity contribution in [3.8, 4) is 6.07 Å². The molecule has 1 rings (SSSR count). The van der Waals surface area contributed by atoms with Gasteiger partial charge in [-0.25, -0.2) is 8.42 Å². The Morgan fingerprint density at radius 1 is 1.43 bits per heavy atom. The summed E-state index contributed by atoms with van der Waals surface area (Å²) in [5, 5.41) is 9.03. The Kier molecular flexibility index (Phi) is 5.76. The third-order valence-corrected chi connectivity index (χ3v) is 5.59. The van der Waals surface area contributed by atoms with E-state index in [0.717, 1.165) is 0 Å². The molecule has 0 heterocycles. The van der Waals surface area contributed by atoms with Crippen molar-refractivity contribution in [1.29, 1.82) is 5.26 Å². The van der Waals surface area contributed by atoms with Crippen LogP contribution in [0.4, 0.5) is 0 Å². The van der Waals surface area contributed by atoms with Crippen molar-refractivity contribution < 1.29 is 8.42 Å². The van der Waals surface area contributed by atoms with Crippen molar-refractivity contribution >= 4 is 21.6 Å². The van der Waals surface area contributed by atoms with E-state index in [1.54, 1.807) is 6.92 Å². The molecule has 0 aromatic heterocycles. The van der Waals surface area contributed by atoms with Crippen LogP contribution in [-0.2, 0) is 10.0 Å². The van der Waals surface area contributed by atoms with Gasteiger partial charge in [-0.15, -0.1) is 0 Å². The molecule has 0 radical (unpaired) electrons. The number of hydrogen-bond donors (Lipinski definition) is 1. The van der Waals surface area contributed by atoms with E-state index in [1.807, 2.05) is 19.9 Å². The zero-order valence-electron chi connectivity index (χ0n) is 12.4. The molecule has 0 saturated heterocycles. The third kappa shape index (κ3) is 4.17. The fourth-order valence-corrected chi connectivity index (χ4v) is 3.96. The van der Waals surface area contributed by atoms with E-state index in [-0.39, 0.29) is 27.4 Å². The van der Waals surface area contributed by atoms with Crippen LogP contribution in [0.5, 0.6) is 0 Å². The minimum Gasteiger partial charge on any atom is -0.330 e. The Morgan fingerprint density at radius 3 is 2.52 bits per heavy atom. The van der Waals surface area contributed by atoms with Gasteiger partial charge in [-0.2, -0.15) is 9.57 Å². The van der Waals surface area contributed by atoms with Crippen LogP contribution in [0.3, 0.4) is 0 Å². The number of sulfonamides is 1. The predicted octanol–water partition coefficient (Wildman–Crippen LogP) is 2.21. The van der Waals surface area contributed by atoms with Gasteiger partial charge >= 0.3 is 0 Å². The average Bonchev–Trinajstić information content (AvgIpc) is 2.45. The maximum absolute atomic E-state index is 12.7. The van der Waals surface area contributed by atoms with Gasteiger partial charge in [0.15, 0.2) is 0 Å². The van der Waals surface area contributed by atoms with Crippen molar-refractivity contribution in [2.75, 3.05) is 19.6 Å². The van der Waals surface area contributed by atoms with Crippen LogP contribution in [0.1, 0.15) is 26.3 Å². The van der Waals surface area contributed by atoms with E-state index in [9.17, 15) is 8.42 Å². The summed E-state index contributed by atoms with van der Waals surface area (Å²) in [5.74, 6) is 0. The molecule has 0 amide bonds. The largest absolute Gasteiger partial charge is 0.330 e. The average molecular weight is 330 g/mol. The fourth-order valence-electron chi connectivity index (χ4n) is 1.82. The lowest BCUT2D eigenvalue weighted by Gasteiger charge is -2.30. The maximum atomic E-state index is 12.7. The fraction of sp³-hybridized carbons (Fsp3) is 0.500. The molecule has 0 unspecified atom stereocenters. The standard InChI is InChI=1S/C14H20ClN3O2S/c1-4-18(10-14(2,3)9-17)21(19,20)13-7-11(8-16)5-6-12(13)15/h5-7H,4,9-10,17H2,1-3H3. The summed E-state index contributed by atoms with van der Waals surface area (Å²) in [5.41, 5.74) is 5.59. The van der Waals surface area contributed by atoms with Gasteiger partial charge < -0.3 is 5.73 Å². The Hall–Kier alpha value is -1.13. The second kappa shape index (κ2) is 6.75. The molecule has 116 valence electrons. The highest BCUT2D eigenvalue weighted by Crippen LogP contribution is 2.27. The predicted molar refractivity (Wildman–Crippen MR) is 83.4 cm³/mol. The second-order valence-corrected chi connectivity index (χ2v) is 7.87. The molecule has 0 bridgehead atoms. The van der Waals surface area contributed by atoms with E-state index >= 15 is 0 Å². The summed E-state index contributed by atoms with van der Waals surface area (Å²) < 4.78 is 26.8. The molecule has 0 atom stereocenters. The van der Waals surface area contributed by atoms with Gasteiger partial charge in [-0.05, 0) is 30.2 Å². The lowest BCUT2D eigenvalue weighted by molar-refractivity contribution is 0.273. The number of nitriles is 1. The van der Waals surface area contributed by atoms with Gasteiger partial charge in [-0.3, -0.25) is 0 Å². The highest BCUT2D eigenvalue weighted by molar-refractivity contribution is 7.89. The monoisotopic (exact) mass is 329 g/mol. The van der Waals surface area contributed by atoms with Crippen LogP contribution < -0.4 is 5.73 Å². The first-order valence-electron chi connectivity index (χ1n) is 6.58. The quantitative estimate of drug-likeness (QED) is 0.866. The number of nitrogens with zero attached hydrogens (tertiary/aromatic N) is 2. The highest BCUT2D eigenvalue weighted by atomic mass is 35.5. The second-order valence-electron chi connectivity index (χ2n) is 5.56. The molecule has 7 heteroatoms. The Bertz CT molecular complexity index is 651. The summed E-state index contributed by atoms with van der Waals surface area (Å²) in [4.78, 5) is -0.0436. The molecular weight excluding hydrogens is 310 g/mol. The first-order valence-corrected chi connectivity index (χ1v) is 8.39. The summed E-state index contributed by atoms with van der Waals surface area (Å²) in [6.07, 6.45) is 0. The lowest BCUT2D eigenvalue weighted by Crippen LogP contribution is -2.42. The highest BCUT2D eigenvalue weighted by Gasteiger charge is 2.30. The molecule has 1 aromatic rings. The number of benzene rings is 1. The van der Waals surface area contributed by atoms with Gasteiger partial charge in [0.1, 0.15) is 4.90 Å². The van der Waals surface area contributed by atoms with Crippen LogP contribution >= 0.6 is 11.6 Å². The van der Waals surface area contributed by atoms with Crippen LogP contribution in [-0.4, -0.2) is 32.4 Å². The molecular formula is C14H20ClN3O2S. The molecule has 5 nitrogen and oxygen atoms in total. The van der Waals surface area contributed by atoms with Crippen LogP contribution in [0.25, 0.3) is 0 Å². The normalized spacial score (nSPS) is 12.4. The van der Waals surface area contributed by atoms with Crippen molar-refractivity contribution in [2.24, 2.45) is 11.1 Å². The maximum Gasteiger partial charge on any atom is 0.244 e. The van der Waals surface area contributed by atoms with E-state index in [2.05, 4.69) is 0 Å². The zero-order valence-corrected chi connectivity index (χ0v) is 14.0. The molecule has 0 fully saturated rings. The summed E-state index contributed by atoms with van der Waals surface area (Å²) in [6, 6.07) is 6.14. The van der Waals surface area contributed by atoms with E-state index in [4.69, 9.17) is 22.6 Å². The Labute approximate surface area is 131 Å². The SMILES string of the molecule is CCN(CC(C)(C)CN)S(=O)(=O)c1cc(C#N)ccc1Cl. The smallest absolute Gasteiger partial charge is 0.244 e. The lowest BCUT2D eigenvalue weighted by atomic mass is 9.94. The van der Waals surface area contributed by atoms with Crippen molar-refractivity contribution in [2.45, 2.75) is 25.7 Å². The van der Waals surface area contributed by atoms with Crippen LogP contribution in [0.15, 0.2) is 23.1 Å². The van der Waals surface area contributed by atoms with Gasteiger partial charge in [0.2, 0.25) is 10.0 Å². The third-order valence-electron chi connectivity index (χ3n) is 3.19. The molecule has 21 heavy (non-hydrogen) atoms. The van der Waals surface area contributed by atoms with Crippen LogP contribution in [0, 0.1) is 16.7 Å². The van der Waals surface area contributed by atoms with Crippen LogP contribution in [0.2, 0.25) is 5.02 Å². The first kappa shape index (κ1) is 17.9. The molecule has 0 spiro atoms. The van der Waals surface area contributed by atoms with Gasteiger partial charge in [-0.1, -0.05) is 32.4 Å². The van der Waals surface area contributed by atoms with E-state index < -0.39 is 10.0 Å². The van der Waals surface area contributed by atoms with Gasteiger partial charge in [0, 0.05) is 13.1 Å². The minimum absolute atomic E-state index is 0.0436. The first-order chi connectivity index (χ1) is 9.67. The molecule has 0 aliphatic carbocycles. The van der Waals surface area contributed by atoms with Crippen molar-refractivity contribution in [3.05, 3.63) is 28.8 Å². The number of nitrogens with two attached hydrogens (primary N) is 1. The topological polar surface area (TPSA) is 87.2 Å². The molecule has 2 N–H and O–H groups in total. The summed E-state index contributed by atoms with van der Waals surface area (Å²) in [6.45, 7) is 6.52. The van der Waals surface area contributed by atoms with Crippen molar-refractivity contribution in [1.82, 2.24) is 4.31 Å². The zero-order chi connectivity index (χ0) is 16.3. The molecule has 1 aromatic carbocycles. The van der Waals surface area contributed by atoms with Gasteiger partial charge in [0.05, 0.1) is 16.7 Å². The van der Waals surface area contributed by atoms with Crippen molar-refractivity contribution in [3.63, 3.8) is 0 Å². The number of halogens is 1. The van der Waals surface area contributed by atoms with Gasteiger partial charge in [0.25, 0.3) is 0 Å². The molecule has 0 aliphatic heterocycles. The molecule has 0 saturated carbocycles.